The molecule has 0 radical (unpaired) electrons. The highest BCUT2D eigenvalue weighted by Crippen LogP contribution is 2.44. The average Bonchev–Trinajstić information content (AvgIpc) is 2.71. The van der Waals surface area contributed by atoms with Crippen LogP contribution in [-0.2, 0) is 0 Å². The van der Waals surface area contributed by atoms with Crippen LogP contribution in [0.3, 0.4) is 0 Å². The van der Waals surface area contributed by atoms with E-state index in [4.69, 9.17) is 26.2 Å². The summed E-state index contributed by atoms with van der Waals surface area (Å²) in [5.41, 5.74) is 0.951. The van der Waals surface area contributed by atoms with Gasteiger partial charge in [0.2, 0.25) is 0 Å². The number of rotatable bonds is 7. The molecule has 2 atom stereocenters. The molecule has 9 heteroatoms. The zero-order valence-electron chi connectivity index (χ0n) is 16.0. The van der Waals surface area contributed by atoms with Crippen molar-refractivity contribution in [3.8, 4) is 11.5 Å². The molecule has 1 fully saturated rings. The van der Waals surface area contributed by atoms with Gasteiger partial charge in [-0.05, 0) is 25.5 Å². The molecule has 0 aliphatic carbocycles. The number of hydrogen-bond acceptors (Lipinski definition) is 7. The quantitative estimate of drug-likeness (QED) is 0.527. The van der Waals surface area contributed by atoms with E-state index >= 15 is 0 Å². The van der Waals surface area contributed by atoms with Gasteiger partial charge in [-0.3, -0.25) is 4.79 Å². The van der Waals surface area contributed by atoms with E-state index in [1.807, 2.05) is 0 Å². The number of piperidine rings is 1. The molecule has 1 aromatic rings. The number of carbonyl (C=O) groups is 1. The smallest absolute Gasteiger partial charge is 0.255 e. The highest BCUT2D eigenvalue weighted by Gasteiger charge is 2.29. The number of aliphatic hydroxyl groups excluding tert-OH is 2. The van der Waals surface area contributed by atoms with E-state index in [9.17, 15) is 9.90 Å². The average molecular weight is 414 g/mol. The monoisotopic (exact) mass is 413 g/mol. The van der Waals surface area contributed by atoms with Crippen molar-refractivity contribution in [2.24, 2.45) is 5.92 Å². The summed E-state index contributed by atoms with van der Waals surface area (Å²) in [5.74, 6) is 0.428. The van der Waals surface area contributed by atoms with Gasteiger partial charge in [-0.15, -0.1) is 0 Å². The summed E-state index contributed by atoms with van der Waals surface area (Å²) < 4.78 is 11.2. The number of benzene rings is 1. The Hall–Kier alpha value is -1.74. The lowest BCUT2D eigenvalue weighted by Gasteiger charge is -2.36. The number of anilines is 1. The summed E-state index contributed by atoms with van der Waals surface area (Å²) in [6.45, 7) is 3.43. The molecule has 1 amide bonds. The molecule has 8 nitrogen and oxygen atoms in total. The van der Waals surface area contributed by atoms with Crippen molar-refractivity contribution in [1.29, 1.82) is 0 Å². The number of fused-ring (bicyclic) bond motifs is 1. The number of hydrogen-bond donors (Lipinski definition) is 4. The van der Waals surface area contributed by atoms with Crippen molar-refractivity contribution < 1.29 is 24.5 Å². The van der Waals surface area contributed by atoms with Crippen LogP contribution in [0.25, 0.3) is 0 Å². The van der Waals surface area contributed by atoms with Crippen LogP contribution in [0, 0.1) is 5.92 Å². The number of β-amino-alcohol motifs (C(OH)–C–C–N with tert-alkyl or cyclic N) is 1. The topological polar surface area (TPSA) is 103 Å². The summed E-state index contributed by atoms with van der Waals surface area (Å²) in [6.07, 6.45) is 0.970. The fourth-order valence-corrected chi connectivity index (χ4v) is 3.92. The molecule has 2 heterocycles. The highest BCUT2D eigenvalue weighted by molar-refractivity contribution is 6.35. The van der Waals surface area contributed by atoms with E-state index in [1.165, 1.54) is 0 Å². The van der Waals surface area contributed by atoms with Crippen LogP contribution in [0.4, 0.5) is 5.69 Å². The molecule has 0 saturated carbocycles. The Morgan fingerprint density at radius 3 is 2.79 bits per heavy atom. The fraction of sp³-hybridized carbons (Fsp3) is 0.632. The molecule has 28 heavy (non-hydrogen) atoms. The summed E-state index contributed by atoms with van der Waals surface area (Å²) in [4.78, 5) is 15.0. The molecule has 2 unspecified atom stereocenters. The maximum atomic E-state index is 12.8. The van der Waals surface area contributed by atoms with Gasteiger partial charge in [0.25, 0.3) is 5.91 Å². The third-order valence-corrected chi connectivity index (χ3v) is 5.60. The Morgan fingerprint density at radius 2 is 2.11 bits per heavy atom. The van der Waals surface area contributed by atoms with Gasteiger partial charge in [-0.2, -0.15) is 0 Å². The third-order valence-electron chi connectivity index (χ3n) is 5.23. The van der Waals surface area contributed by atoms with Crippen LogP contribution >= 0.6 is 11.6 Å². The summed E-state index contributed by atoms with van der Waals surface area (Å²) in [5, 5.41) is 25.6. The first kappa shape index (κ1) is 21.0. The molecule has 4 N–H and O–H groups in total. The number of ether oxygens (including phenoxy) is 2. The van der Waals surface area contributed by atoms with Crippen LogP contribution in [0.15, 0.2) is 6.07 Å². The predicted molar refractivity (Wildman–Crippen MR) is 107 cm³/mol. The van der Waals surface area contributed by atoms with Crippen LogP contribution in [0.5, 0.6) is 11.5 Å². The standard InChI is InChI=1S/C19H28ClN3O5/c1-21-14-9-13(17-18(16(14)20)28-8-7-27-17)19(26)22-10-12-3-5-23(4-2-6-24)11-15(12)25/h9,12,15,21,24-25H,2-8,10-11H2,1H3,(H,22,26). The zero-order chi connectivity index (χ0) is 20.1. The lowest BCUT2D eigenvalue weighted by molar-refractivity contribution is 0.0201. The Morgan fingerprint density at radius 1 is 1.36 bits per heavy atom. The lowest BCUT2D eigenvalue weighted by atomic mass is 9.93. The first-order chi connectivity index (χ1) is 13.5. The molecular weight excluding hydrogens is 386 g/mol. The van der Waals surface area contributed by atoms with E-state index in [-0.39, 0.29) is 18.4 Å². The maximum absolute atomic E-state index is 12.8. The molecule has 3 rings (SSSR count). The Labute approximate surface area is 169 Å². The van der Waals surface area contributed by atoms with Gasteiger partial charge in [-0.25, -0.2) is 0 Å². The van der Waals surface area contributed by atoms with Gasteiger partial charge in [0.15, 0.2) is 11.5 Å². The second-order valence-electron chi connectivity index (χ2n) is 7.09. The van der Waals surface area contributed by atoms with Gasteiger partial charge in [0.05, 0.1) is 17.4 Å². The van der Waals surface area contributed by atoms with Crippen molar-refractivity contribution in [2.45, 2.75) is 18.9 Å². The Balaban J connectivity index is 1.64. The first-order valence-corrected chi connectivity index (χ1v) is 10.0. The highest BCUT2D eigenvalue weighted by atomic mass is 35.5. The minimum atomic E-state index is -0.515. The van der Waals surface area contributed by atoms with Crippen LogP contribution in [-0.4, -0.2) is 80.2 Å². The maximum Gasteiger partial charge on any atom is 0.255 e. The zero-order valence-corrected chi connectivity index (χ0v) is 16.8. The van der Waals surface area contributed by atoms with Crippen LogP contribution < -0.4 is 20.1 Å². The van der Waals surface area contributed by atoms with E-state index in [2.05, 4.69) is 15.5 Å². The number of nitrogens with one attached hydrogen (secondary N) is 2. The minimum Gasteiger partial charge on any atom is -0.485 e. The second-order valence-corrected chi connectivity index (χ2v) is 7.47. The number of carbonyl (C=O) groups excluding carboxylic acids is 1. The Bertz CT molecular complexity index is 703. The minimum absolute atomic E-state index is 0.0154. The van der Waals surface area contributed by atoms with Crippen molar-refractivity contribution in [3.63, 3.8) is 0 Å². The van der Waals surface area contributed by atoms with Gasteiger partial charge >= 0.3 is 0 Å². The van der Waals surface area contributed by atoms with Crippen molar-refractivity contribution in [2.75, 3.05) is 58.4 Å². The molecule has 156 valence electrons. The predicted octanol–water partition coefficient (Wildman–Crippen LogP) is 0.948. The molecular formula is C19H28ClN3O5. The van der Waals surface area contributed by atoms with Crippen LogP contribution in [0.2, 0.25) is 5.02 Å². The van der Waals surface area contributed by atoms with Crippen LogP contribution in [0.1, 0.15) is 23.2 Å². The summed E-state index contributed by atoms with van der Waals surface area (Å²) in [6, 6.07) is 1.65. The normalized spacial score (nSPS) is 22.0. The number of nitrogens with zero attached hydrogens (tertiary/aromatic N) is 1. The summed E-state index contributed by atoms with van der Waals surface area (Å²) in [7, 11) is 1.72. The summed E-state index contributed by atoms with van der Waals surface area (Å²) >= 11 is 6.32. The van der Waals surface area contributed by atoms with Gasteiger partial charge < -0.3 is 35.2 Å². The van der Waals surface area contributed by atoms with E-state index in [0.717, 1.165) is 19.5 Å². The van der Waals surface area contributed by atoms with E-state index in [0.29, 0.717) is 60.5 Å². The van der Waals surface area contributed by atoms with Crippen molar-refractivity contribution in [3.05, 3.63) is 16.7 Å². The van der Waals surface area contributed by atoms with Gasteiger partial charge in [0.1, 0.15) is 18.2 Å². The SMILES string of the molecule is CNc1cc(C(=O)NCC2CCN(CCCO)CC2O)c2c(c1Cl)OCCO2. The molecule has 0 spiro atoms. The molecule has 0 aromatic heterocycles. The fourth-order valence-electron chi connectivity index (χ4n) is 3.63. The number of amides is 1. The lowest BCUT2D eigenvalue weighted by Crippen LogP contribution is -2.48. The van der Waals surface area contributed by atoms with Crippen molar-refractivity contribution in [1.82, 2.24) is 10.2 Å². The van der Waals surface area contributed by atoms with Gasteiger partial charge in [-0.1, -0.05) is 11.6 Å². The largest absolute Gasteiger partial charge is 0.485 e. The third kappa shape index (κ3) is 4.63. The number of aliphatic hydroxyl groups is 2. The number of halogens is 1. The number of likely N-dealkylation sites (tertiary alicyclic amines) is 1. The van der Waals surface area contributed by atoms with Gasteiger partial charge in [0, 0.05) is 39.2 Å². The molecule has 1 aromatic carbocycles. The Kier molecular flexibility index (Phi) is 7.23. The van der Waals surface area contributed by atoms with E-state index < -0.39 is 6.10 Å². The van der Waals surface area contributed by atoms with E-state index in [1.54, 1.807) is 13.1 Å². The molecule has 2 aliphatic rings. The molecule has 1 saturated heterocycles. The molecule has 2 aliphatic heterocycles. The second kappa shape index (κ2) is 9.65. The first-order valence-electron chi connectivity index (χ1n) is 9.64. The molecule has 0 bridgehead atoms. The van der Waals surface area contributed by atoms with Crippen molar-refractivity contribution >= 4 is 23.2 Å².